The summed E-state index contributed by atoms with van der Waals surface area (Å²) in [6.45, 7) is 7.59. The number of aromatic nitrogens is 1. The summed E-state index contributed by atoms with van der Waals surface area (Å²) < 4.78 is 0. The van der Waals surface area contributed by atoms with E-state index in [1.54, 1.807) is 0 Å². The molecule has 0 spiro atoms. The first-order valence-corrected chi connectivity index (χ1v) is 7.36. The molecule has 2 aromatic rings. The zero-order valence-corrected chi connectivity index (χ0v) is 12.6. The van der Waals surface area contributed by atoms with Gasteiger partial charge in [-0.05, 0) is 48.1 Å². The van der Waals surface area contributed by atoms with Crippen molar-refractivity contribution in [2.24, 2.45) is 5.92 Å². The van der Waals surface area contributed by atoms with E-state index in [0.717, 1.165) is 13.0 Å². The second-order valence-corrected chi connectivity index (χ2v) is 5.80. The fourth-order valence-corrected chi connectivity index (χ4v) is 2.30. The lowest BCUT2D eigenvalue weighted by Crippen LogP contribution is -2.18. The van der Waals surface area contributed by atoms with Crippen LogP contribution in [0.1, 0.15) is 43.5 Å². The van der Waals surface area contributed by atoms with Crippen LogP contribution in [0.25, 0.3) is 0 Å². The molecule has 1 N–H and O–H groups in total. The Balaban J connectivity index is 1.90. The second-order valence-electron chi connectivity index (χ2n) is 5.80. The quantitative estimate of drug-likeness (QED) is 0.852. The van der Waals surface area contributed by atoms with Crippen molar-refractivity contribution in [1.29, 1.82) is 0 Å². The number of hydrogen-bond acceptors (Lipinski definition) is 2. The molecule has 0 fully saturated rings. The molecule has 0 bridgehead atoms. The molecule has 1 aromatic heterocycles. The van der Waals surface area contributed by atoms with Crippen LogP contribution in [0.2, 0.25) is 0 Å². The monoisotopic (exact) mass is 268 g/mol. The summed E-state index contributed by atoms with van der Waals surface area (Å²) in [5.41, 5.74) is 4.03. The molecule has 0 saturated heterocycles. The summed E-state index contributed by atoms with van der Waals surface area (Å²) in [6.07, 6.45) is 4.82. The summed E-state index contributed by atoms with van der Waals surface area (Å²) in [5.74, 6) is 0.711. The predicted molar refractivity (Wildman–Crippen MR) is 84.5 cm³/mol. The van der Waals surface area contributed by atoms with Gasteiger partial charge in [-0.2, -0.15) is 0 Å². The first-order valence-electron chi connectivity index (χ1n) is 7.36. The van der Waals surface area contributed by atoms with Gasteiger partial charge in [0.05, 0.1) is 0 Å². The first kappa shape index (κ1) is 14.7. The van der Waals surface area contributed by atoms with Crippen LogP contribution >= 0.6 is 0 Å². The third-order valence-electron chi connectivity index (χ3n) is 3.49. The Bertz CT molecular complexity index is 503. The van der Waals surface area contributed by atoms with Crippen molar-refractivity contribution in [3.05, 3.63) is 65.5 Å². The highest BCUT2D eigenvalue weighted by Gasteiger charge is 2.05. The normalized spacial score (nSPS) is 12.6. The SMILES string of the molecule is CC(C)Cc1ccc(C(C)NCc2ccncc2)cc1. The number of nitrogens with zero attached hydrogens (tertiary/aromatic N) is 1. The predicted octanol–water partition coefficient (Wildman–Crippen LogP) is 4.13. The molecule has 0 saturated carbocycles. The molecule has 0 aliphatic heterocycles. The van der Waals surface area contributed by atoms with E-state index in [2.05, 4.69) is 55.3 Å². The Morgan fingerprint density at radius 3 is 2.15 bits per heavy atom. The molecule has 2 rings (SSSR count). The zero-order chi connectivity index (χ0) is 14.4. The van der Waals surface area contributed by atoms with Crippen LogP contribution in [0, 0.1) is 5.92 Å². The van der Waals surface area contributed by atoms with Crippen molar-refractivity contribution in [3.63, 3.8) is 0 Å². The van der Waals surface area contributed by atoms with Crippen LogP contribution in [-0.2, 0) is 13.0 Å². The molecule has 20 heavy (non-hydrogen) atoms. The Labute approximate surface area is 122 Å². The van der Waals surface area contributed by atoms with Gasteiger partial charge in [-0.1, -0.05) is 38.1 Å². The van der Waals surface area contributed by atoms with Gasteiger partial charge in [0.2, 0.25) is 0 Å². The van der Waals surface area contributed by atoms with Crippen molar-refractivity contribution in [2.45, 2.75) is 39.8 Å². The van der Waals surface area contributed by atoms with Gasteiger partial charge in [0.15, 0.2) is 0 Å². The highest BCUT2D eigenvalue weighted by atomic mass is 14.9. The number of pyridine rings is 1. The molecule has 106 valence electrons. The fraction of sp³-hybridized carbons (Fsp3) is 0.389. The van der Waals surface area contributed by atoms with Crippen molar-refractivity contribution in [1.82, 2.24) is 10.3 Å². The lowest BCUT2D eigenvalue weighted by atomic mass is 10.00. The summed E-state index contributed by atoms with van der Waals surface area (Å²) in [7, 11) is 0. The maximum absolute atomic E-state index is 4.04. The molecule has 1 atom stereocenters. The number of nitrogens with one attached hydrogen (secondary N) is 1. The Morgan fingerprint density at radius 2 is 1.55 bits per heavy atom. The van der Waals surface area contributed by atoms with Gasteiger partial charge < -0.3 is 5.32 Å². The Kier molecular flexibility index (Phi) is 5.31. The standard InChI is InChI=1S/C18H24N2/c1-14(2)12-16-4-6-18(7-5-16)15(3)20-13-17-8-10-19-11-9-17/h4-11,14-15,20H,12-13H2,1-3H3. The van der Waals surface area contributed by atoms with Crippen LogP contribution in [0.3, 0.4) is 0 Å². The summed E-state index contributed by atoms with van der Waals surface area (Å²) in [4.78, 5) is 4.04. The third kappa shape index (κ3) is 4.46. The lowest BCUT2D eigenvalue weighted by molar-refractivity contribution is 0.574. The lowest BCUT2D eigenvalue weighted by Gasteiger charge is -2.15. The molecular formula is C18H24N2. The molecule has 0 amide bonds. The highest BCUT2D eigenvalue weighted by Crippen LogP contribution is 2.16. The van der Waals surface area contributed by atoms with E-state index in [4.69, 9.17) is 0 Å². The van der Waals surface area contributed by atoms with Crippen LogP contribution in [0.5, 0.6) is 0 Å². The van der Waals surface area contributed by atoms with Gasteiger partial charge in [-0.3, -0.25) is 4.98 Å². The average molecular weight is 268 g/mol. The van der Waals surface area contributed by atoms with E-state index in [0.29, 0.717) is 12.0 Å². The van der Waals surface area contributed by atoms with Gasteiger partial charge in [-0.25, -0.2) is 0 Å². The molecule has 1 unspecified atom stereocenters. The minimum Gasteiger partial charge on any atom is -0.306 e. The molecular weight excluding hydrogens is 244 g/mol. The summed E-state index contributed by atoms with van der Waals surface area (Å²) >= 11 is 0. The average Bonchev–Trinajstić information content (AvgIpc) is 2.46. The van der Waals surface area contributed by atoms with Crippen molar-refractivity contribution >= 4 is 0 Å². The van der Waals surface area contributed by atoms with E-state index < -0.39 is 0 Å². The van der Waals surface area contributed by atoms with E-state index in [-0.39, 0.29) is 0 Å². The highest BCUT2D eigenvalue weighted by molar-refractivity contribution is 5.25. The van der Waals surface area contributed by atoms with Crippen molar-refractivity contribution in [2.75, 3.05) is 0 Å². The van der Waals surface area contributed by atoms with Crippen molar-refractivity contribution < 1.29 is 0 Å². The van der Waals surface area contributed by atoms with Gasteiger partial charge in [0.25, 0.3) is 0 Å². The molecule has 1 heterocycles. The van der Waals surface area contributed by atoms with Gasteiger partial charge in [-0.15, -0.1) is 0 Å². The summed E-state index contributed by atoms with van der Waals surface area (Å²) in [6, 6.07) is 13.4. The molecule has 2 heteroatoms. The minimum absolute atomic E-state index is 0.358. The first-order chi connectivity index (χ1) is 9.65. The largest absolute Gasteiger partial charge is 0.306 e. The van der Waals surface area contributed by atoms with Crippen molar-refractivity contribution in [3.8, 4) is 0 Å². The summed E-state index contributed by atoms with van der Waals surface area (Å²) in [5, 5.41) is 3.55. The number of benzene rings is 1. The van der Waals surface area contributed by atoms with Crippen LogP contribution in [-0.4, -0.2) is 4.98 Å². The maximum Gasteiger partial charge on any atom is 0.0294 e. The Hall–Kier alpha value is -1.67. The molecule has 2 nitrogen and oxygen atoms in total. The molecule has 1 aromatic carbocycles. The van der Waals surface area contributed by atoms with Crippen LogP contribution < -0.4 is 5.32 Å². The molecule has 0 aliphatic carbocycles. The zero-order valence-electron chi connectivity index (χ0n) is 12.6. The maximum atomic E-state index is 4.04. The van der Waals surface area contributed by atoms with Crippen LogP contribution in [0.4, 0.5) is 0 Å². The van der Waals surface area contributed by atoms with Gasteiger partial charge >= 0.3 is 0 Å². The molecule has 0 aliphatic rings. The van der Waals surface area contributed by atoms with E-state index in [1.807, 2.05) is 24.5 Å². The fourth-order valence-electron chi connectivity index (χ4n) is 2.30. The van der Waals surface area contributed by atoms with Gasteiger partial charge in [0.1, 0.15) is 0 Å². The number of rotatable bonds is 6. The minimum atomic E-state index is 0.358. The topological polar surface area (TPSA) is 24.9 Å². The second kappa shape index (κ2) is 7.20. The van der Waals surface area contributed by atoms with E-state index >= 15 is 0 Å². The third-order valence-corrected chi connectivity index (χ3v) is 3.49. The smallest absolute Gasteiger partial charge is 0.0294 e. The van der Waals surface area contributed by atoms with Crippen LogP contribution in [0.15, 0.2) is 48.8 Å². The number of hydrogen-bond donors (Lipinski definition) is 1. The molecule has 0 radical (unpaired) electrons. The van der Waals surface area contributed by atoms with Gasteiger partial charge in [0, 0.05) is 25.0 Å². The van der Waals surface area contributed by atoms with E-state index in [9.17, 15) is 0 Å². The Morgan fingerprint density at radius 1 is 0.900 bits per heavy atom. The van der Waals surface area contributed by atoms with E-state index in [1.165, 1.54) is 16.7 Å².